The van der Waals surface area contributed by atoms with Crippen molar-refractivity contribution in [3.8, 4) is 11.1 Å². The van der Waals surface area contributed by atoms with Gasteiger partial charge in [0.15, 0.2) is 11.0 Å². The predicted molar refractivity (Wildman–Crippen MR) is 95.8 cm³/mol. The lowest BCUT2D eigenvalue weighted by Gasteiger charge is -2.07. The zero-order valence-corrected chi connectivity index (χ0v) is 14.7. The highest BCUT2D eigenvalue weighted by atomic mass is 35.5. The normalized spacial score (nSPS) is 11.5. The van der Waals surface area contributed by atoms with Gasteiger partial charge in [-0.25, -0.2) is 9.37 Å². The van der Waals surface area contributed by atoms with Gasteiger partial charge in [0.2, 0.25) is 0 Å². The molecule has 0 aliphatic rings. The quantitative estimate of drug-likeness (QED) is 0.435. The van der Waals surface area contributed by atoms with E-state index in [1.54, 1.807) is 17.4 Å². The molecule has 1 aromatic carbocycles. The van der Waals surface area contributed by atoms with E-state index in [0.29, 0.717) is 11.5 Å². The second-order valence-corrected chi connectivity index (χ2v) is 7.69. The van der Waals surface area contributed by atoms with Crippen LogP contribution in [-0.4, -0.2) is 4.98 Å². The molecule has 0 saturated carbocycles. The molecule has 0 aliphatic heterocycles. The van der Waals surface area contributed by atoms with Crippen LogP contribution in [0.5, 0.6) is 0 Å². The molecule has 0 fully saturated rings. The molecule has 0 bridgehead atoms. The molecule has 2 heterocycles. The standard InChI is InChI=1S/C17H15ClFNS2/c1-9(2)5-11-6-10-7-13(14(21)8-15(10)22-11)12-3-4-20-17(18)16(12)19/h3-4,6-9,21H,5H2,1-2H3. The Hall–Kier alpha value is -1.10. The number of nitrogens with zero attached hydrogens (tertiary/aromatic N) is 1. The number of thiol groups is 1. The number of rotatable bonds is 3. The van der Waals surface area contributed by atoms with Gasteiger partial charge in [-0.1, -0.05) is 25.4 Å². The molecule has 0 aliphatic carbocycles. The Kier molecular flexibility index (Phi) is 4.44. The lowest BCUT2D eigenvalue weighted by atomic mass is 10.0. The second-order valence-electron chi connectivity index (χ2n) is 5.68. The first-order chi connectivity index (χ1) is 10.5. The second kappa shape index (κ2) is 6.19. The molecular weight excluding hydrogens is 337 g/mol. The van der Waals surface area contributed by atoms with Crippen molar-refractivity contribution < 1.29 is 4.39 Å². The minimum absolute atomic E-state index is 0.115. The smallest absolute Gasteiger partial charge is 0.168 e. The maximum atomic E-state index is 14.2. The van der Waals surface area contributed by atoms with Gasteiger partial charge in [-0.05, 0) is 47.6 Å². The van der Waals surface area contributed by atoms with Gasteiger partial charge in [0.25, 0.3) is 0 Å². The third kappa shape index (κ3) is 3.00. The average molecular weight is 352 g/mol. The highest BCUT2D eigenvalue weighted by Gasteiger charge is 2.14. The molecule has 3 aromatic rings. The zero-order valence-electron chi connectivity index (χ0n) is 12.2. The Morgan fingerprint density at radius 2 is 2.05 bits per heavy atom. The van der Waals surface area contributed by atoms with Gasteiger partial charge in [-0.2, -0.15) is 0 Å². The van der Waals surface area contributed by atoms with E-state index in [9.17, 15) is 4.39 Å². The number of halogens is 2. The van der Waals surface area contributed by atoms with Gasteiger partial charge in [0.1, 0.15) is 0 Å². The number of aromatic nitrogens is 1. The lowest BCUT2D eigenvalue weighted by molar-refractivity contribution is 0.625. The Bertz CT molecular complexity index is 842. The fourth-order valence-electron chi connectivity index (χ4n) is 2.48. The number of hydrogen-bond acceptors (Lipinski definition) is 3. The number of thiophene rings is 1. The van der Waals surface area contributed by atoms with Crippen molar-refractivity contribution in [1.82, 2.24) is 4.98 Å². The van der Waals surface area contributed by atoms with Gasteiger partial charge in [-0.15, -0.1) is 24.0 Å². The SMILES string of the molecule is CC(C)Cc1cc2cc(-c3ccnc(Cl)c3F)c(S)cc2s1. The Morgan fingerprint density at radius 3 is 2.77 bits per heavy atom. The van der Waals surface area contributed by atoms with Crippen molar-refractivity contribution in [2.45, 2.75) is 25.2 Å². The van der Waals surface area contributed by atoms with Crippen LogP contribution in [0.2, 0.25) is 5.15 Å². The summed E-state index contributed by atoms with van der Waals surface area (Å²) in [5.41, 5.74) is 1.18. The van der Waals surface area contributed by atoms with E-state index in [0.717, 1.165) is 22.3 Å². The fraction of sp³-hybridized carbons (Fsp3) is 0.235. The van der Waals surface area contributed by atoms with Crippen LogP contribution in [-0.2, 0) is 6.42 Å². The summed E-state index contributed by atoms with van der Waals surface area (Å²) in [6.07, 6.45) is 2.56. The van der Waals surface area contributed by atoms with Crippen LogP contribution in [0.15, 0.2) is 35.4 Å². The van der Waals surface area contributed by atoms with Crippen molar-refractivity contribution in [1.29, 1.82) is 0 Å². The summed E-state index contributed by atoms with van der Waals surface area (Å²) in [5.74, 6) is 0.107. The summed E-state index contributed by atoms with van der Waals surface area (Å²) in [5, 5.41) is 0.997. The highest BCUT2D eigenvalue weighted by Crippen LogP contribution is 2.37. The summed E-state index contributed by atoms with van der Waals surface area (Å²) in [7, 11) is 0. The number of hydrogen-bond donors (Lipinski definition) is 1. The highest BCUT2D eigenvalue weighted by molar-refractivity contribution is 7.80. The molecule has 0 N–H and O–H groups in total. The van der Waals surface area contributed by atoms with Crippen LogP contribution in [0.1, 0.15) is 18.7 Å². The molecule has 0 unspecified atom stereocenters. The Labute approximate surface area is 143 Å². The maximum Gasteiger partial charge on any atom is 0.168 e. The molecule has 3 rings (SSSR count). The first-order valence-corrected chi connectivity index (χ1v) is 8.65. The molecule has 2 aromatic heterocycles. The Balaban J connectivity index is 2.14. The number of fused-ring (bicyclic) bond motifs is 1. The molecule has 0 saturated heterocycles. The van der Waals surface area contributed by atoms with E-state index in [1.165, 1.54) is 15.8 Å². The van der Waals surface area contributed by atoms with Crippen molar-refractivity contribution in [3.63, 3.8) is 0 Å². The van der Waals surface area contributed by atoms with E-state index >= 15 is 0 Å². The predicted octanol–water partition coefficient (Wildman–Crippen LogP) is 6.24. The molecule has 1 nitrogen and oxygen atoms in total. The third-order valence-corrected chi connectivity index (χ3v) is 5.19. The maximum absolute atomic E-state index is 14.2. The molecular formula is C17H15ClFNS2. The molecule has 0 amide bonds. The van der Waals surface area contributed by atoms with Gasteiger partial charge >= 0.3 is 0 Å². The molecule has 0 radical (unpaired) electrons. The Morgan fingerprint density at radius 1 is 1.27 bits per heavy atom. The molecule has 0 spiro atoms. The summed E-state index contributed by atoms with van der Waals surface area (Å²) in [4.78, 5) is 5.84. The average Bonchev–Trinajstić information content (AvgIpc) is 2.81. The van der Waals surface area contributed by atoms with Gasteiger partial charge in [-0.3, -0.25) is 0 Å². The molecule has 5 heteroatoms. The lowest BCUT2D eigenvalue weighted by Crippen LogP contribution is -1.90. The summed E-state index contributed by atoms with van der Waals surface area (Å²) in [6.45, 7) is 4.41. The van der Waals surface area contributed by atoms with Crippen molar-refractivity contribution in [2.24, 2.45) is 5.92 Å². The summed E-state index contributed by atoms with van der Waals surface area (Å²) >= 11 is 12.1. The fourth-order valence-corrected chi connectivity index (χ4v) is 4.33. The third-order valence-electron chi connectivity index (χ3n) is 3.43. The first kappa shape index (κ1) is 15.8. The minimum atomic E-state index is -0.503. The number of benzene rings is 1. The van der Waals surface area contributed by atoms with E-state index in [2.05, 4.69) is 37.5 Å². The van der Waals surface area contributed by atoms with Crippen molar-refractivity contribution in [3.05, 3.63) is 46.3 Å². The van der Waals surface area contributed by atoms with E-state index < -0.39 is 5.82 Å². The van der Waals surface area contributed by atoms with Crippen molar-refractivity contribution >= 4 is 45.7 Å². The molecule has 114 valence electrons. The summed E-state index contributed by atoms with van der Waals surface area (Å²) < 4.78 is 15.4. The van der Waals surface area contributed by atoms with Crippen LogP contribution in [0.4, 0.5) is 4.39 Å². The van der Waals surface area contributed by atoms with Crippen LogP contribution in [0.3, 0.4) is 0 Å². The number of pyridine rings is 1. The minimum Gasteiger partial charge on any atom is -0.242 e. The van der Waals surface area contributed by atoms with Crippen LogP contribution in [0.25, 0.3) is 21.2 Å². The molecule has 0 atom stereocenters. The van der Waals surface area contributed by atoms with E-state index in [4.69, 9.17) is 11.6 Å². The summed E-state index contributed by atoms with van der Waals surface area (Å²) in [6, 6.07) is 7.78. The van der Waals surface area contributed by atoms with Gasteiger partial charge < -0.3 is 0 Å². The molecule has 22 heavy (non-hydrogen) atoms. The topological polar surface area (TPSA) is 12.9 Å². The van der Waals surface area contributed by atoms with Crippen LogP contribution < -0.4 is 0 Å². The van der Waals surface area contributed by atoms with E-state index in [1.807, 2.05) is 12.1 Å². The van der Waals surface area contributed by atoms with Crippen LogP contribution in [0, 0.1) is 11.7 Å². The van der Waals surface area contributed by atoms with Gasteiger partial charge in [0, 0.05) is 26.2 Å². The van der Waals surface area contributed by atoms with Crippen LogP contribution >= 0.6 is 35.6 Å². The zero-order chi connectivity index (χ0) is 15.9. The van der Waals surface area contributed by atoms with Crippen molar-refractivity contribution in [2.75, 3.05) is 0 Å². The largest absolute Gasteiger partial charge is 0.242 e. The van der Waals surface area contributed by atoms with E-state index in [-0.39, 0.29) is 5.15 Å². The monoisotopic (exact) mass is 351 g/mol. The van der Waals surface area contributed by atoms with Gasteiger partial charge in [0.05, 0.1) is 0 Å². The first-order valence-electron chi connectivity index (χ1n) is 7.01.